The van der Waals surface area contributed by atoms with E-state index in [2.05, 4.69) is 16.4 Å². The van der Waals surface area contributed by atoms with E-state index in [4.69, 9.17) is 0 Å². The molecule has 4 nitrogen and oxygen atoms in total. The number of pyridine rings is 1. The second-order valence-corrected chi connectivity index (χ2v) is 7.85. The Morgan fingerprint density at radius 2 is 2.12 bits per heavy atom. The van der Waals surface area contributed by atoms with Crippen molar-refractivity contribution in [2.75, 3.05) is 11.1 Å². The summed E-state index contributed by atoms with van der Waals surface area (Å²) in [7, 11) is 0. The van der Waals surface area contributed by atoms with E-state index in [0.717, 1.165) is 60.1 Å². The molecule has 26 heavy (non-hydrogen) atoms. The van der Waals surface area contributed by atoms with Crippen molar-refractivity contribution in [3.63, 3.8) is 0 Å². The molecule has 0 aromatic carbocycles. The van der Waals surface area contributed by atoms with Crippen LogP contribution in [-0.2, 0) is 23.8 Å². The van der Waals surface area contributed by atoms with Crippen molar-refractivity contribution in [1.82, 2.24) is 4.98 Å². The number of fused-ring (bicyclic) bond motifs is 1. The van der Waals surface area contributed by atoms with Crippen molar-refractivity contribution < 1.29 is 18.0 Å². The van der Waals surface area contributed by atoms with Gasteiger partial charge in [-0.3, -0.25) is 4.79 Å². The highest BCUT2D eigenvalue weighted by atomic mass is 32.2. The monoisotopic (exact) mass is 397 g/mol. The van der Waals surface area contributed by atoms with Crippen LogP contribution in [0.4, 0.5) is 18.2 Å². The zero-order valence-electron chi connectivity index (χ0n) is 13.5. The molecule has 1 N–H and O–H groups in total. The summed E-state index contributed by atoms with van der Waals surface area (Å²) in [4.78, 5) is 17.0. The van der Waals surface area contributed by atoms with Gasteiger partial charge < -0.3 is 5.32 Å². The second-order valence-electron chi connectivity index (χ2n) is 5.75. The normalized spacial score (nSPS) is 13.8. The van der Waals surface area contributed by atoms with Crippen molar-refractivity contribution >= 4 is 34.0 Å². The van der Waals surface area contributed by atoms with E-state index in [1.165, 1.54) is 17.4 Å². The van der Waals surface area contributed by atoms with Gasteiger partial charge >= 0.3 is 6.18 Å². The van der Waals surface area contributed by atoms with Gasteiger partial charge in [-0.25, -0.2) is 4.98 Å². The van der Waals surface area contributed by atoms with Crippen molar-refractivity contribution in [3.05, 3.63) is 39.9 Å². The largest absolute Gasteiger partial charge is 0.417 e. The van der Waals surface area contributed by atoms with E-state index in [1.54, 1.807) is 0 Å². The third-order valence-electron chi connectivity index (χ3n) is 3.95. The number of thioether (sulfide) groups is 1. The molecule has 2 aromatic heterocycles. The number of anilines is 1. The predicted octanol–water partition coefficient (Wildman–Crippen LogP) is 4.64. The number of thiophene rings is 1. The van der Waals surface area contributed by atoms with E-state index >= 15 is 0 Å². The summed E-state index contributed by atoms with van der Waals surface area (Å²) in [6.07, 6.45) is 0.229. The lowest BCUT2D eigenvalue weighted by molar-refractivity contribution is -0.137. The van der Waals surface area contributed by atoms with E-state index in [9.17, 15) is 23.2 Å². The van der Waals surface area contributed by atoms with Crippen LogP contribution in [-0.4, -0.2) is 16.6 Å². The van der Waals surface area contributed by atoms with Crippen molar-refractivity contribution in [1.29, 1.82) is 5.26 Å². The molecule has 0 saturated heterocycles. The quantitative estimate of drug-likeness (QED) is 0.763. The number of amides is 1. The predicted molar refractivity (Wildman–Crippen MR) is 94.3 cm³/mol. The van der Waals surface area contributed by atoms with Crippen LogP contribution in [0.2, 0.25) is 0 Å². The van der Waals surface area contributed by atoms with Crippen LogP contribution in [0.15, 0.2) is 23.4 Å². The zero-order valence-corrected chi connectivity index (χ0v) is 15.2. The summed E-state index contributed by atoms with van der Waals surface area (Å²) in [5.74, 6) is -0.307. The molecule has 3 rings (SSSR count). The summed E-state index contributed by atoms with van der Waals surface area (Å²) < 4.78 is 37.5. The second kappa shape index (κ2) is 7.68. The number of carbonyl (C=O) groups is 1. The number of halogens is 3. The van der Waals surface area contributed by atoms with Gasteiger partial charge in [0, 0.05) is 11.1 Å². The summed E-state index contributed by atoms with van der Waals surface area (Å²) >= 11 is 2.48. The third kappa shape index (κ3) is 4.19. The highest BCUT2D eigenvalue weighted by Crippen LogP contribution is 2.37. The molecule has 136 valence electrons. The van der Waals surface area contributed by atoms with Crippen LogP contribution in [0.5, 0.6) is 0 Å². The fraction of sp³-hybridized carbons (Fsp3) is 0.353. The SMILES string of the molecule is N#Cc1c(NC(=O)CSc2ccc(C(F)(F)F)cn2)sc2c1CCCC2. The van der Waals surface area contributed by atoms with Gasteiger partial charge in [0.25, 0.3) is 0 Å². The van der Waals surface area contributed by atoms with Crippen molar-refractivity contribution in [2.24, 2.45) is 0 Å². The molecule has 0 saturated carbocycles. The summed E-state index contributed by atoms with van der Waals surface area (Å²) in [5, 5.41) is 13.0. The smallest absolute Gasteiger partial charge is 0.316 e. The molecule has 0 atom stereocenters. The van der Waals surface area contributed by atoms with Gasteiger partial charge in [0.15, 0.2) is 0 Å². The summed E-state index contributed by atoms with van der Waals surface area (Å²) in [6, 6.07) is 4.35. The Bertz CT molecular complexity index is 854. The molecular formula is C17H14F3N3OS2. The number of carbonyl (C=O) groups excluding carboxylic acids is 1. The molecule has 2 heterocycles. The van der Waals surface area contributed by atoms with Crippen LogP contribution in [0.1, 0.15) is 34.4 Å². The Morgan fingerprint density at radius 1 is 1.35 bits per heavy atom. The molecule has 0 spiro atoms. The standard InChI is InChI=1S/C17H14F3N3OS2/c18-17(19,20)10-5-6-15(22-8-10)25-9-14(24)23-16-12(7-21)11-3-1-2-4-13(11)26-16/h5-6,8H,1-4,9H2,(H,23,24). The molecule has 1 amide bonds. The van der Waals surface area contributed by atoms with Gasteiger partial charge in [0.2, 0.25) is 5.91 Å². The minimum Gasteiger partial charge on any atom is -0.316 e. The van der Waals surface area contributed by atoms with Crippen molar-refractivity contribution in [3.8, 4) is 6.07 Å². The molecule has 0 unspecified atom stereocenters. The lowest BCUT2D eigenvalue weighted by atomic mass is 9.96. The average molecular weight is 397 g/mol. The number of alkyl halides is 3. The Kier molecular flexibility index (Phi) is 5.53. The van der Waals surface area contributed by atoms with E-state index in [1.807, 2.05) is 0 Å². The maximum absolute atomic E-state index is 12.5. The van der Waals surface area contributed by atoms with Crippen LogP contribution >= 0.6 is 23.1 Å². The molecule has 0 radical (unpaired) electrons. The summed E-state index contributed by atoms with van der Waals surface area (Å²) in [6.45, 7) is 0. The van der Waals surface area contributed by atoms with Crippen LogP contribution in [0.3, 0.4) is 0 Å². The van der Waals surface area contributed by atoms with Crippen LogP contribution in [0.25, 0.3) is 0 Å². The Morgan fingerprint density at radius 3 is 2.77 bits per heavy atom. The Labute approximate surface area is 156 Å². The molecule has 0 fully saturated rings. The molecule has 0 bridgehead atoms. The van der Waals surface area contributed by atoms with Crippen LogP contribution < -0.4 is 5.32 Å². The Hall–Kier alpha value is -2.05. The van der Waals surface area contributed by atoms with Gasteiger partial charge in [0.05, 0.1) is 21.9 Å². The molecule has 1 aliphatic carbocycles. The first-order valence-electron chi connectivity index (χ1n) is 7.89. The lowest BCUT2D eigenvalue weighted by Gasteiger charge is -2.09. The molecular weight excluding hydrogens is 383 g/mol. The zero-order chi connectivity index (χ0) is 18.7. The van der Waals surface area contributed by atoms with Gasteiger partial charge in [0.1, 0.15) is 11.1 Å². The Balaban J connectivity index is 1.61. The first-order chi connectivity index (χ1) is 12.4. The number of hydrogen-bond donors (Lipinski definition) is 1. The fourth-order valence-corrected chi connectivity index (χ4v) is 4.61. The first-order valence-corrected chi connectivity index (χ1v) is 9.69. The number of nitrogens with one attached hydrogen (secondary N) is 1. The van der Waals surface area contributed by atoms with Gasteiger partial charge in [-0.2, -0.15) is 18.4 Å². The number of aryl methyl sites for hydroxylation is 1. The van der Waals surface area contributed by atoms with E-state index < -0.39 is 11.7 Å². The molecule has 1 aliphatic rings. The topological polar surface area (TPSA) is 65.8 Å². The van der Waals surface area contributed by atoms with Gasteiger partial charge in [-0.05, 0) is 43.4 Å². The van der Waals surface area contributed by atoms with Gasteiger partial charge in [-0.15, -0.1) is 11.3 Å². The highest BCUT2D eigenvalue weighted by Gasteiger charge is 2.30. The molecule has 9 heteroatoms. The van der Waals surface area contributed by atoms with E-state index in [0.29, 0.717) is 15.6 Å². The number of rotatable bonds is 4. The third-order valence-corrected chi connectivity index (χ3v) is 6.10. The van der Waals surface area contributed by atoms with Crippen LogP contribution in [0, 0.1) is 11.3 Å². The van der Waals surface area contributed by atoms with Crippen molar-refractivity contribution in [2.45, 2.75) is 36.9 Å². The number of hydrogen-bond acceptors (Lipinski definition) is 5. The first kappa shape index (κ1) is 18.7. The minimum atomic E-state index is -4.43. The number of aromatic nitrogens is 1. The molecule has 2 aromatic rings. The average Bonchev–Trinajstić information content (AvgIpc) is 2.96. The number of nitriles is 1. The van der Waals surface area contributed by atoms with Gasteiger partial charge in [-0.1, -0.05) is 11.8 Å². The maximum Gasteiger partial charge on any atom is 0.417 e. The van der Waals surface area contributed by atoms with E-state index in [-0.39, 0.29) is 11.7 Å². The molecule has 0 aliphatic heterocycles. The summed E-state index contributed by atoms with van der Waals surface area (Å²) in [5.41, 5.74) is 0.751. The number of nitrogens with zero attached hydrogens (tertiary/aromatic N) is 2. The maximum atomic E-state index is 12.5. The highest BCUT2D eigenvalue weighted by molar-refractivity contribution is 7.99. The fourth-order valence-electron chi connectivity index (χ4n) is 2.71. The lowest BCUT2D eigenvalue weighted by Crippen LogP contribution is -2.14. The minimum absolute atomic E-state index is 0.00575.